The molecule has 0 aliphatic rings. The quantitative estimate of drug-likeness (QED) is 0.792. The van der Waals surface area contributed by atoms with Crippen molar-refractivity contribution in [3.05, 3.63) is 35.2 Å². The van der Waals surface area contributed by atoms with Crippen LogP contribution >= 0.6 is 11.3 Å². The summed E-state index contributed by atoms with van der Waals surface area (Å²) in [5, 5.41) is 3.23. The van der Waals surface area contributed by atoms with Crippen LogP contribution in [0.1, 0.15) is 18.4 Å². The first-order valence-corrected chi connectivity index (χ1v) is 7.32. The fourth-order valence-electron chi connectivity index (χ4n) is 2.10. The first-order chi connectivity index (χ1) is 9.22. The van der Waals surface area contributed by atoms with Crippen molar-refractivity contribution in [3.8, 4) is 0 Å². The van der Waals surface area contributed by atoms with Crippen molar-refractivity contribution in [2.75, 3.05) is 13.7 Å². The Hall–Kier alpha value is -1.23. The van der Waals surface area contributed by atoms with Gasteiger partial charge in [0.05, 0.1) is 6.04 Å². The van der Waals surface area contributed by atoms with E-state index in [2.05, 4.69) is 17.5 Å². The maximum atomic E-state index is 12.1. The van der Waals surface area contributed by atoms with Crippen LogP contribution < -0.4 is 5.73 Å². The minimum Gasteiger partial charge on any atom is -0.385 e. The van der Waals surface area contributed by atoms with E-state index in [-0.39, 0.29) is 11.8 Å². The number of rotatable bonds is 7. The van der Waals surface area contributed by atoms with E-state index >= 15 is 0 Å². The molecule has 0 amide bonds. The normalized spacial score (nSPS) is 12.7. The second-order valence-electron chi connectivity index (χ2n) is 4.64. The first kappa shape index (κ1) is 14.2. The van der Waals surface area contributed by atoms with Gasteiger partial charge < -0.3 is 10.5 Å². The van der Waals surface area contributed by atoms with Gasteiger partial charge in [0.15, 0.2) is 5.78 Å². The molecule has 1 heterocycles. The van der Waals surface area contributed by atoms with E-state index in [0.717, 1.165) is 12.0 Å². The summed E-state index contributed by atoms with van der Waals surface area (Å²) in [7, 11) is 1.66. The highest BCUT2D eigenvalue weighted by Crippen LogP contribution is 2.26. The van der Waals surface area contributed by atoms with Crippen LogP contribution in [0.3, 0.4) is 0 Å². The van der Waals surface area contributed by atoms with Crippen molar-refractivity contribution in [1.82, 2.24) is 0 Å². The molecule has 0 saturated carbocycles. The van der Waals surface area contributed by atoms with Gasteiger partial charge in [-0.05, 0) is 35.2 Å². The summed E-state index contributed by atoms with van der Waals surface area (Å²) in [5.74, 6) is 0.111. The molecule has 0 spiro atoms. The molecule has 0 saturated heterocycles. The van der Waals surface area contributed by atoms with E-state index in [0.29, 0.717) is 19.4 Å². The number of carbonyl (C=O) groups excluding carboxylic acids is 1. The number of thiophene rings is 1. The molecule has 0 fully saturated rings. The molecule has 1 unspecified atom stereocenters. The lowest BCUT2D eigenvalue weighted by atomic mass is 10.0. The maximum Gasteiger partial charge on any atom is 0.153 e. The number of ether oxygens (including phenoxy) is 1. The smallest absolute Gasteiger partial charge is 0.153 e. The third-order valence-corrected chi connectivity index (χ3v) is 4.22. The molecule has 2 aromatic rings. The van der Waals surface area contributed by atoms with Crippen LogP contribution in [0.4, 0.5) is 0 Å². The highest BCUT2D eigenvalue weighted by molar-refractivity contribution is 7.17. The number of methoxy groups -OCH3 is 1. The third-order valence-electron chi connectivity index (χ3n) is 3.20. The number of Topliss-reactive ketones (excluding diaryl/α,β-unsaturated/α-hetero) is 1. The second kappa shape index (κ2) is 6.80. The number of ketones is 1. The average molecular weight is 277 g/mol. The van der Waals surface area contributed by atoms with Gasteiger partial charge in [-0.2, -0.15) is 0 Å². The Bertz CT molecular complexity index is 550. The third kappa shape index (κ3) is 3.62. The maximum absolute atomic E-state index is 12.1. The highest BCUT2D eigenvalue weighted by atomic mass is 32.1. The molecule has 0 radical (unpaired) electrons. The second-order valence-corrected chi connectivity index (χ2v) is 5.55. The molecule has 0 bridgehead atoms. The van der Waals surface area contributed by atoms with Gasteiger partial charge in [0.2, 0.25) is 0 Å². The lowest BCUT2D eigenvalue weighted by molar-refractivity contribution is -0.119. The standard InChI is InChI=1S/C15H19NO2S/c1-18-8-4-6-13(16)14(17)9-11-10-19-15-7-3-2-5-12(11)15/h2-3,5,7,10,13H,4,6,8-9,16H2,1H3. The van der Waals surface area contributed by atoms with Crippen molar-refractivity contribution in [3.63, 3.8) is 0 Å². The Morgan fingerprint density at radius 1 is 1.42 bits per heavy atom. The molecule has 1 aromatic heterocycles. The molecule has 2 rings (SSSR count). The van der Waals surface area contributed by atoms with E-state index < -0.39 is 0 Å². The zero-order valence-electron chi connectivity index (χ0n) is 11.1. The summed E-state index contributed by atoms with van der Waals surface area (Å²) >= 11 is 1.68. The summed E-state index contributed by atoms with van der Waals surface area (Å²) in [6.45, 7) is 0.655. The monoisotopic (exact) mass is 277 g/mol. The lowest BCUT2D eigenvalue weighted by Crippen LogP contribution is -2.31. The van der Waals surface area contributed by atoms with Crippen molar-refractivity contribution in [2.24, 2.45) is 5.73 Å². The fraction of sp³-hybridized carbons (Fsp3) is 0.400. The van der Waals surface area contributed by atoms with Gasteiger partial charge >= 0.3 is 0 Å². The summed E-state index contributed by atoms with van der Waals surface area (Å²) in [6.07, 6.45) is 1.95. The van der Waals surface area contributed by atoms with Crippen LogP contribution in [-0.4, -0.2) is 25.5 Å². The summed E-state index contributed by atoms with van der Waals surface area (Å²) in [6, 6.07) is 7.77. The fourth-order valence-corrected chi connectivity index (χ4v) is 3.06. The van der Waals surface area contributed by atoms with Crippen LogP contribution in [0.5, 0.6) is 0 Å². The Balaban J connectivity index is 1.98. The zero-order valence-corrected chi connectivity index (χ0v) is 11.9. The molecule has 0 aliphatic heterocycles. The number of benzene rings is 1. The van der Waals surface area contributed by atoms with E-state index in [1.807, 2.05) is 12.1 Å². The SMILES string of the molecule is COCCCC(N)C(=O)Cc1csc2ccccc12. The zero-order chi connectivity index (χ0) is 13.7. The van der Waals surface area contributed by atoms with Gasteiger partial charge in [-0.3, -0.25) is 4.79 Å². The number of hydrogen-bond acceptors (Lipinski definition) is 4. The van der Waals surface area contributed by atoms with Gasteiger partial charge in [-0.25, -0.2) is 0 Å². The average Bonchev–Trinajstić information content (AvgIpc) is 2.82. The number of nitrogens with two attached hydrogens (primary N) is 1. The van der Waals surface area contributed by atoms with Gasteiger partial charge in [-0.15, -0.1) is 11.3 Å². The number of carbonyl (C=O) groups is 1. The molecule has 19 heavy (non-hydrogen) atoms. The molecule has 102 valence electrons. The number of hydrogen-bond donors (Lipinski definition) is 1. The van der Waals surface area contributed by atoms with E-state index in [1.165, 1.54) is 10.1 Å². The van der Waals surface area contributed by atoms with Crippen LogP contribution in [0.25, 0.3) is 10.1 Å². The van der Waals surface area contributed by atoms with Crippen molar-refractivity contribution < 1.29 is 9.53 Å². The Kier molecular flexibility index (Phi) is 5.07. The first-order valence-electron chi connectivity index (χ1n) is 6.44. The van der Waals surface area contributed by atoms with E-state index in [4.69, 9.17) is 10.5 Å². The van der Waals surface area contributed by atoms with Gasteiger partial charge in [0.1, 0.15) is 0 Å². The van der Waals surface area contributed by atoms with Gasteiger partial charge in [0.25, 0.3) is 0 Å². The minimum absolute atomic E-state index is 0.111. The van der Waals surface area contributed by atoms with Crippen molar-refractivity contribution in [1.29, 1.82) is 0 Å². The van der Waals surface area contributed by atoms with E-state index in [9.17, 15) is 4.79 Å². The van der Waals surface area contributed by atoms with Gasteiger partial charge in [-0.1, -0.05) is 18.2 Å². The molecule has 2 N–H and O–H groups in total. The van der Waals surface area contributed by atoms with Gasteiger partial charge in [0, 0.05) is 24.8 Å². The minimum atomic E-state index is -0.381. The molecule has 1 aromatic carbocycles. The lowest BCUT2D eigenvalue weighted by Gasteiger charge is -2.09. The Morgan fingerprint density at radius 3 is 3.00 bits per heavy atom. The largest absolute Gasteiger partial charge is 0.385 e. The van der Waals surface area contributed by atoms with Crippen LogP contribution in [0, 0.1) is 0 Å². The van der Waals surface area contributed by atoms with E-state index in [1.54, 1.807) is 18.4 Å². The summed E-state index contributed by atoms with van der Waals surface area (Å²) in [4.78, 5) is 12.1. The predicted molar refractivity (Wildman–Crippen MR) is 79.6 cm³/mol. The molecular formula is C15H19NO2S. The Labute approximate surface area is 117 Å². The summed E-state index contributed by atoms with van der Waals surface area (Å²) < 4.78 is 6.19. The predicted octanol–water partition coefficient (Wildman–Crippen LogP) is 2.77. The van der Waals surface area contributed by atoms with Crippen molar-refractivity contribution >= 4 is 27.2 Å². The molecule has 4 heteroatoms. The van der Waals surface area contributed by atoms with Crippen LogP contribution in [-0.2, 0) is 16.0 Å². The highest BCUT2D eigenvalue weighted by Gasteiger charge is 2.15. The molecule has 3 nitrogen and oxygen atoms in total. The van der Waals surface area contributed by atoms with Crippen molar-refractivity contribution in [2.45, 2.75) is 25.3 Å². The van der Waals surface area contributed by atoms with Crippen LogP contribution in [0.2, 0.25) is 0 Å². The Morgan fingerprint density at radius 2 is 2.21 bits per heavy atom. The molecular weight excluding hydrogens is 258 g/mol. The molecule has 1 atom stereocenters. The summed E-state index contributed by atoms with van der Waals surface area (Å²) in [5.41, 5.74) is 7.01. The van der Waals surface area contributed by atoms with Crippen LogP contribution in [0.15, 0.2) is 29.6 Å². The topological polar surface area (TPSA) is 52.3 Å². The number of fused-ring (bicyclic) bond motifs is 1. The molecule has 0 aliphatic carbocycles.